The van der Waals surface area contributed by atoms with E-state index in [0.717, 1.165) is 11.1 Å². The predicted molar refractivity (Wildman–Crippen MR) is 198 cm³/mol. The summed E-state index contributed by atoms with van der Waals surface area (Å²) in [7, 11) is 3.13. The third kappa shape index (κ3) is 9.28. The number of rotatable bonds is 13. The van der Waals surface area contributed by atoms with Crippen molar-refractivity contribution in [2.45, 2.75) is 58.3 Å². The predicted octanol–water partition coefficient (Wildman–Crippen LogP) is 6.90. The van der Waals surface area contributed by atoms with Gasteiger partial charge in [-0.05, 0) is 51.5 Å². The monoisotopic (exact) mass is 735 g/mol. The molecule has 3 N–H and O–H groups in total. The molecule has 13 heteroatoms. The molecule has 0 bridgehead atoms. The van der Waals surface area contributed by atoms with Crippen LogP contribution in [0.25, 0.3) is 33.6 Å². The van der Waals surface area contributed by atoms with Crippen LogP contribution < -0.4 is 20.1 Å². The van der Waals surface area contributed by atoms with Gasteiger partial charge in [-0.1, -0.05) is 53.5 Å². The van der Waals surface area contributed by atoms with Crippen molar-refractivity contribution >= 4 is 35.2 Å². The summed E-state index contributed by atoms with van der Waals surface area (Å²) in [5.74, 6) is 0.962. The van der Waals surface area contributed by atoms with Gasteiger partial charge in [0.05, 0.1) is 48.8 Å². The first-order chi connectivity index (χ1) is 24.4. The number of carbonyl (C=O) groups excluding carboxylic acids is 2. The molecule has 0 spiro atoms. The quantitative estimate of drug-likeness (QED) is 0.125. The zero-order valence-corrected chi connectivity index (χ0v) is 30.9. The molecule has 11 nitrogen and oxygen atoms in total. The van der Waals surface area contributed by atoms with Crippen LogP contribution in [0.3, 0.4) is 0 Å². The maximum Gasteiger partial charge on any atom is 0.410 e. The zero-order chi connectivity index (χ0) is 36.7. The number of pyridine rings is 2. The highest BCUT2D eigenvalue weighted by Crippen LogP contribution is 2.42. The Morgan fingerprint density at radius 1 is 1.02 bits per heavy atom. The smallest absolute Gasteiger partial charge is 0.410 e. The van der Waals surface area contributed by atoms with Crippen LogP contribution in [0.5, 0.6) is 11.6 Å². The van der Waals surface area contributed by atoms with E-state index < -0.39 is 11.7 Å². The van der Waals surface area contributed by atoms with E-state index in [0.29, 0.717) is 81.2 Å². The van der Waals surface area contributed by atoms with E-state index in [-0.39, 0.29) is 31.6 Å². The molecule has 1 fully saturated rings. The van der Waals surface area contributed by atoms with E-state index >= 15 is 0 Å². The normalized spacial score (nSPS) is 14.3. The van der Waals surface area contributed by atoms with E-state index in [1.165, 1.54) is 7.11 Å². The second kappa shape index (κ2) is 16.7. The van der Waals surface area contributed by atoms with Crippen molar-refractivity contribution in [3.05, 3.63) is 82.0 Å². The number of aromatic nitrogens is 2. The molecule has 4 aromatic rings. The van der Waals surface area contributed by atoms with Gasteiger partial charge >= 0.3 is 6.09 Å². The number of nitrogens with one attached hydrogen (secondary N) is 2. The first-order valence-corrected chi connectivity index (χ1v) is 17.4. The van der Waals surface area contributed by atoms with Gasteiger partial charge in [-0.3, -0.25) is 9.78 Å². The number of nitrogens with zero attached hydrogens (tertiary/aromatic N) is 3. The molecule has 1 atom stereocenters. The van der Waals surface area contributed by atoms with Crippen LogP contribution in [0.15, 0.2) is 60.8 Å². The van der Waals surface area contributed by atoms with Crippen molar-refractivity contribution in [2.24, 2.45) is 0 Å². The third-order valence-electron chi connectivity index (χ3n) is 8.29. The number of hydrogen-bond acceptors (Lipinski definition) is 9. The highest BCUT2D eigenvalue weighted by molar-refractivity contribution is 6.39. The number of aliphatic hydroxyl groups is 1. The first kappa shape index (κ1) is 37.8. The van der Waals surface area contributed by atoms with Crippen LogP contribution in [0.1, 0.15) is 44.7 Å². The van der Waals surface area contributed by atoms with E-state index in [1.807, 2.05) is 75.4 Å². The molecule has 2 amide bonds. The fraction of sp³-hybridized carbons (Fsp3) is 0.368. The Bertz CT molecular complexity index is 1880. The van der Waals surface area contributed by atoms with Crippen molar-refractivity contribution in [2.75, 3.05) is 33.9 Å². The number of benzene rings is 2. The largest absolute Gasteiger partial charge is 0.496 e. The Labute approximate surface area is 308 Å². The number of aliphatic hydroxyl groups excluding tert-OH is 1. The molecule has 1 aliphatic heterocycles. The molecule has 51 heavy (non-hydrogen) atoms. The van der Waals surface area contributed by atoms with Gasteiger partial charge in [0.15, 0.2) is 0 Å². The molecule has 1 aliphatic rings. The molecule has 1 saturated heterocycles. The summed E-state index contributed by atoms with van der Waals surface area (Å²) in [5, 5.41) is 16.1. The molecule has 0 radical (unpaired) electrons. The maximum absolute atomic E-state index is 13.3. The van der Waals surface area contributed by atoms with Gasteiger partial charge in [-0.25, -0.2) is 9.78 Å². The number of ether oxygens (including phenoxy) is 3. The fourth-order valence-corrected chi connectivity index (χ4v) is 6.51. The highest BCUT2D eigenvalue weighted by atomic mass is 35.5. The molecule has 2 aromatic carbocycles. The number of carbonyl (C=O) groups is 2. The van der Waals surface area contributed by atoms with Gasteiger partial charge in [0.1, 0.15) is 11.4 Å². The summed E-state index contributed by atoms with van der Waals surface area (Å²) in [6, 6.07) is 16.7. The minimum Gasteiger partial charge on any atom is -0.496 e. The van der Waals surface area contributed by atoms with Crippen LogP contribution in [0, 0.1) is 0 Å². The lowest BCUT2D eigenvalue weighted by Gasteiger charge is -2.29. The first-order valence-electron chi connectivity index (χ1n) is 16.7. The summed E-state index contributed by atoms with van der Waals surface area (Å²) < 4.78 is 17.0. The van der Waals surface area contributed by atoms with E-state index in [2.05, 4.69) is 15.6 Å². The summed E-state index contributed by atoms with van der Waals surface area (Å²) in [6.45, 7) is 6.93. The zero-order valence-electron chi connectivity index (χ0n) is 29.4. The van der Waals surface area contributed by atoms with Crippen molar-refractivity contribution < 1.29 is 28.9 Å². The Balaban J connectivity index is 1.44. The lowest BCUT2D eigenvalue weighted by molar-refractivity contribution is -0.119. The van der Waals surface area contributed by atoms with Gasteiger partial charge in [-0.2, -0.15) is 0 Å². The van der Waals surface area contributed by atoms with Crippen LogP contribution in [-0.2, 0) is 22.6 Å². The van der Waals surface area contributed by atoms with Crippen LogP contribution in [0.4, 0.5) is 4.79 Å². The lowest BCUT2D eigenvalue weighted by atomic mass is 9.99. The number of halogens is 2. The number of methoxy groups -OCH3 is 2. The summed E-state index contributed by atoms with van der Waals surface area (Å²) >= 11 is 14.1. The van der Waals surface area contributed by atoms with Crippen LogP contribution in [0.2, 0.25) is 10.0 Å². The minimum absolute atomic E-state index is 0.0333. The van der Waals surface area contributed by atoms with Gasteiger partial charge in [-0.15, -0.1) is 0 Å². The summed E-state index contributed by atoms with van der Waals surface area (Å²) in [5.41, 5.74) is 4.85. The van der Waals surface area contributed by atoms with Gasteiger partial charge in [0.25, 0.3) is 0 Å². The van der Waals surface area contributed by atoms with E-state index in [4.69, 9.17) is 47.5 Å². The Hall–Kier alpha value is -4.42. The molecule has 0 saturated carbocycles. The average Bonchev–Trinajstić information content (AvgIpc) is 3.52. The van der Waals surface area contributed by atoms with Crippen LogP contribution >= 0.6 is 23.2 Å². The lowest BCUT2D eigenvalue weighted by Crippen LogP contribution is -2.43. The second-order valence-corrected chi connectivity index (χ2v) is 13.9. The minimum atomic E-state index is -0.698. The highest BCUT2D eigenvalue weighted by Gasteiger charge is 2.29. The van der Waals surface area contributed by atoms with Crippen molar-refractivity contribution in [3.63, 3.8) is 0 Å². The second-order valence-electron chi connectivity index (χ2n) is 13.1. The van der Waals surface area contributed by atoms with Crippen molar-refractivity contribution in [1.82, 2.24) is 25.5 Å². The molecule has 3 heterocycles. The average molecular weight is 737 g/mol. The Morgan fingerprint density at radius 3 is 2.45 bits per heavy atom. The van der Waals surface area contributed by atoms with E-state index in [1.54, 1.807) is 18.2 Å². The molecule has 270 valence electrons. The van der Waals surface area contributed by atoms with Crippen LogP contribution in [-0.4, -0.2) is 77.5 Å². The maximum atomic E-state index is 13.3. The Morgan fingerprint density at radius 2 is 1.76 bits per heavy atom. The summed E-state index contributed by atoms with van der Waals surface area (Å²) in [4.78, 5) is 36.1. The van der Waals surface area contributed by atoms with Crippen molar-refractivity contribution in [1.29, 1.82) is 0 Å². The summed E-state index contributed by atoms with van der Waals surface area (Å²) in [6.07, 6.45) is 2.24. The molecule has 5 rings (SSSR count). The molecule has 2 aromatic heterocycles. The SMILES string of the molecule is COc1cc(-c2nccc(-c3cccc(-c4ccc(CN(C[C@@H]5CCC(=O)N5)C(=O)OC(C)(C)C)c(OC)n4)c3Cl)c2Cl)ccc1CNCCO. The molecular formula is C38H43Cl2N5O6. The number of amides is 2. The van der Waals surface area contributed by atoms with Crippen molar-refractivity contribution in [3.8, 4) is 45.3 Å². The standard InChI is InChI=1S/C38H43Cl2N5O6/c1-38(2,3)51-37(48)45(22-26-12-14-32(47)43-26)21-25-11-13-30(44-36(25)50-5)29-8-6-7-27(33(29)39)28-15-16-42-35(34(28)40)23-9-10-24(20-41-17-18-46)31(19-23)49-4/h6-11,13,15-16,19,26,41,46H,12,14,17-18,20-22H2,1-5H3,(H,43,47)/t26-/m0/s1. The molecule has 0 unspecified atom stereocenters. The molecular weight excluding hydrogens is 693 g/mol. The third-order valence-corrected chi connectivity index (χ3v) is 9.08. The number of hydrogen-bond donors (Lipinski definition) is 3. The van der Waals surface area contributed by atoms with E-state index in [9.17, 15) is 9.59 Å². The molecule has 0 aliphatic carbocycles. The van der Waals surface area contributed by atoms with Gasteiger partial charge < -0.3 is 34.9 Å². The Kier molecular flexibility index (Phi) is 12.4. The topological polar surface area (TPSA) is 135 Å². The fourth-order valence-electron chi connectivity index (χ4n) is 5.86. The van der Waals surface area contributed by atoms with Gasteiger partial charge in [0, 0.05) is 71.7 Å². The van der Waals surface area contributed by atoms with Gasteiger partial charge in [0.2, 0.25) is 11.8 Å².